The predicted molar refractivity (Wildman–Crippen MR) is 93.3 cm³/mol. The fraction of sp³-hybridized carbons (Fsp3) is 0.667. The number of likely N-dealkylation sites (N-methyl/N-ethyl adjacent to an activating group) is 1. The summed E-state index contributed by atoms with van der Waals surface area (Å²) in [6.07, 6.45) is 3.22. The van der Waals surface area contributed by atoms with Crippen LogP contribution in [0.3, 0.4) is 0 Å². The van der Waals surface area contributed by atoms with Gasteiger partial charge in [0.1, 0.15) is 12.4 Å². The third-order valence-corrected chi connectivity index (χ3v) is 4.89. The first-order valence-electron chi connectivity index (χ1n) is 8.93. The van der Waals surface area contributed by atoms with Gasteiger partial charge in [-0.05, 0) is 40.0 Å². The Morgan fingerprint density at radius 3 is 2.80 bits per heavy atom. The summed E-state index contributed by atoms with van der Waals surface area (Å²) in [5.74, 6) is 1.33. The number of fused-ring (bicyclic) bond motifs is 1. The Balaban J connectivity index is 1.87. The fourth-order valence-corrected chi connectivity index (χ4v) is 3.44. The number of aryl methyl sites for hydroxylation is 1. The lowest BCUT2D eigenvalue weighted by molar-refractivity contribution is -0.141. The highest BCUT2D eigenvalue weighted by atomic mass is 16.5. The molecule has 7 nitrogen and oxygen atoms in total. The number of aromatic nitrogens is 2. The second-order valence-electron chi connectivity index (χ2n) is 7.06. The molecule has 0 radical (unpaired) electrons. The Hall–Kier alpha value is -2.02. The van der Waals surface area contributed by atoms with Gasteiger partial charge in [0.05, 0.1) is 18.6 Å². The van der Waals surface area contributed by atoms with Gasteiger partial charge < -0.3 is 9.64 Å². The van der Waals surface area contributed by atoms with E-state index in [4.69, 9.17) is 4.74 Å². The van der Waals surface area contributed by atoms with E-state index in [0.717, 1.165) is 30.5 Å². The minimum atomic E-state index is -0.148. The molecule has 136 valence electrons. The van der Waals surface area contributed by atoms with Crippen LogP contribution in [0.25, 0.3) is 0 Å². The molecule has 2 aliphatic heterocycles. The number of ether oxygens (including phenoxy) is 1. The van der Waals surface area contributed by atoms with Crippen molar-refractivity contribution in [3.8, 4) is 0 Å². The van der Waals surface area contributed by atoms with Gasteiger partial charge in [-0.2, -0.15) is 0 Å². The first-order chi connectivity index (χ1) is 11.9. The van der Waals surface area contributed by atoms with Gasteiger partial charge in [-0.3, -0.25) is 14.5 Å². The molecule has 0 bridgehead atoms. The van der Waals surface area contributed by atoms with Crippen LogP contribution < -0.4 is 4.90 Å². The van der Waals surface area contributed by atoms with Crippen LogP contribution in [0.2, 0.25) is 0 Å². The van der Waals surface area contributed by atoms with Crippen molar-refractivity contribution in [2.24, 2.45) is 0 Å². The van der Waals surface area contributed by atoms with Crippen molar-refractivity contribution < 1.29 is 14.3 Å². The van der Waals surface area contributed by atoms with E-state index in [9.17, 15) is 9.59 Å². The minimum Gasteiger partial charge on any atom is -0.369 e. The molecule has 3 rings (SSSR count). The molecule has 3 heterocycles. The Bertz CT molecular complexity index is 689. The summed E-state index contributed by atoms with van der Waals surface area (Å²) >= 11 is 0. The summed E-state index contributed by atoms with van der Waals surface area (Å²) in [4.78, 5) is 37.3. The molecule has 1 aromatic heterocycles. The Morgan fingerprint density at radius 2 is 2.08 bits per heavy atom. The first kappa shape index (κ1) is 17.8. The Morgan fingerprint density at radius 1 is 1.32 bits per heavy atom. The second kappa shape index (κ2) is 7.07. The van der Waals surface area contributed by atoms with E-state index < -0.39 is 0 Å². The average Bonchev–Trinajstić information content (AvgIpc) is 2.88. The Kier molecular flexibility index (Phi) is 5.03. The van der Waals surface area contributed by atoms with E-state index in [0.29, 0.717) is 24.6 Å². The smallest absolute Gasteiger partial charge is 0.249 e. The number of rotatable bonds is 4. The molecule has 0 aliphatic carbocycles. The highest BCUT2D eigenvalue weighted by molar-refractivity contribution is 6.00. The van der Waals surface area contributed by atoms with Gasteiger partial charge in [-0.25, -0.2) is 9.97 Å². The van der Waals surface area contributed by atoms with Gasteiger partial charge >= 0.3 is 0 Å². The van der Waals surface area contributed by atoms with Crippen molar-refractivity contribution in [2.75, 3.05) is 25.1 Å². The van der Waals surface area contributed by atoms with Crippen LogP contribution >= 0.6 is 0 Å². The Labute approximate surface area is 148 Å². The lowest BCUT2D eigenvalue weighted by Crippen LogP contribution is -2.41. The van der Waals surface area contributed by atoms with E-state index in [1.54, 1.807) is 11.9 Å². The molecule has 1 fully saturated rings. The molecule has 0 spiro atoms. The van der Waals surface area contributed by atoms with E-state index in [2.05, 4.69) is 9.97 Å². The van der Waals surface area contributed by atoms with Crippen molar-refractivity contribution in [3.63, 3.8) is 0 Å². The number of amides is 2. The molecular formula is C18H26N4O3. The van der Waals surface area contributed by atoms with Crippen LogP contribution in [0.15, 0.2) is 0 Å². The van der Waals surface area contributed by atoms with Gasteiger partial charge in [-0.15, -0.1) is 0 Å². The molecule has 1 unspecified atom stereocenters. The number of carbonyl (C=O) groups is 2. The van der Waals surface area contributed by atoms with Crippen LogP contribution in [-0.4, -0.2) is 53.0 Å². The molecule has 1 aromatic rings. The van der Waals surface area contributed by atoms with E-state index >= 15 is 0 Å². The summed E-state index contributed by atoms with van der Waals surface area (Å²) in [5.41, 5.74) is 1.72. The zero-order valence-corrected chi connectivity index (χ0v) is 15.4. The van der Waals surface area contributed by atoms with Crippen molar-refractivity contribution >= 4 is 17.6 Å². The zero-order chi connectivity index (χ0) is 18.1. The molecule has 2 aliphatic rings. The van der Waals surface area contributed by atoms with Crippen LogP contribution in [0.5, 0.6) is 0 Å². The maximum Gasteiger partial charge on any atom is 0.249 e. The standard InChI is InChI=1S/C18H26N4O3/c1-11(2)25-10-16(24)22-8-6-5-7-14(22)17-19-12(3)13-9-15(23)21(4)18(13)20-17/h11,14H,5-10H2,1-4H3. The number of hydrogen-bond donors (Lipinski definition) is 0. The summed E-state index contributed by atoms with van der Waals surface area (Å²) < 4.78 is 5.49. The first-order valence-corrected chi connectivity index (χ1v) is 8.93. The van der Waals surface area contributed by atoms with Gasteiger partial charge in [0.2, 0.25) is 11.8 Å². The fourth-order valence-electron chi connectivity index (χ4n) is 3.44. The lowest BCUT2D eigenvalue weighted by Gasteiger charge is -2.35. The number of likely N-dealkylation sites (tertiary alicyclic amines) is 1. The third kappa shape index (κ3) is 3.51. The van der Waals surface area contributed by atoms with Crippen molar-refractivity contribution in [1.82, 2.24) is 14.9 Å². The quantitative estimate of drug-likeness (QED) is 0.831. The highest BCUT2D eigenvalue weighted by Crippen LogP contribution is 2.33. The normalized spacial score (nSPS) is 20.4. The monoisotopic (exact) mass is 346 g/mol. The highest BCUT2D eigenvalue weighted by Gasteiger charge is 2.34. The number of carbonyl (C=O) groups excluding carboxylic acids is 2. The van der Waals surface area contributed by atoms with Gasteiger partial charge in [-0.1, -0.05) is 0 Å². The van der Waals surface area contributed by atoms with Gasteiger partial charge in [0.25, 0.3) is 0 Å². The number of piperidine rings is 1. The predicted octanol–water partition coefficient (Wildman–Crippen LogP) is 1.78. The van der Waals surface area contributed by atoms with Gasteiger partial charge in [0, 0.05) is 24.8 Å². The molecule has 0 saturated carbocycles. The molecule has 0 N–H and O–H groups in total. The number of anilines is 1. The minimum absolute atomic E-state index is 0.0188. The molecule has 25 heavy (non-hydrogen) atoms. The third-order valence-electron chi connectivity index (χ3n) is 4.89. The SMILES string of the molecule is Cc1nc(C2CCCCN2C(=O)COC(C)C)nc2c1CC(=O)N2C. The van der Waals surface area contributed by atoms with Crippen LogP contribution in [0.1, 0.15) is 56.2 Å². The van der Waals surface area contributed by atoms with E-state index in [1.807, 2.05) is 25.7 Å². The van der Waals surface area contributed by atoms with E-state index in [-0.39, 0.29) is 30.6 Å². The summed E-state index contributed by atoms with van der Waals surface area (Å²) in [6, 6.07) is -0.148. The summed E-state index contributed by atoms with van der Waals surface area (Å²) in [6.45, 7) is 6.52. The number of nitrogens with zero attached hydrogens (tertiary/aromatic N) is 4. The second-order valence-corrected chi connectivity index (χ2v) is 7.06. The summed E-state index contributed by atoms with van der Waals surface area (Å²) in [5, 5.41) is 0. The lowest BCUT2D eigenvalue weighted by atomic mass is 10.0. The number of hydrogen-bond acceptors (Lipinski definition) is 5. The molecule has 7 heteroatoms. The molecule has 1 saturated heterocycles. The van der Waals surface area contributed by atoms with E-state index in [1.165, 1.54) is 0 Å². The molecular weight excluding hydrogens is 320 g/mol. The average molecular weight is 346 g/mol. The zero-order valence-electron chi connectivity index (χ0n) is 15.4. The molecule has 0 aromatic carbocycles. The molecule has 2 amide bonds. The maximum absolute atomic E-state index is 12.6. The largest absolute Gasteiger partial charge is 0.369 e. The van der Waals surface area contributed by atoms with Crippen LogP contribution in [0.4, 0.5) is 5.82 Å². The molecule has 1 atom stereocenters. The van der Waals surface area contributed by atoms with Gasteiger partial charge in [0.15, 0.2) is 5.82 Å². The topological polar surface area (TPSA) is 75.6 Å². The van der Waals surface area contributed by atoms with Crippen LogP contribution in [-0.2, 0) is 20.7 Å². The van der Waals surface area contributed by atoms with Crippen molar-refractivity contribution in [2.45, 2.75) is 58.6 Å². The van der Waals surface area contributed by atoms with Crippen LogP contribution in [0, 0.1) is 6.92 Å². The maximum atomic E-state index is 12.6. The van der Waals surface area contributed by atoms with Crippen molar-refractivity contribution in [1.29, 1.82) is 0 Å². The van der Waals surface area contributed by atoms with Crippen molar-refractivity contribution in [3.05, 3.63) is 17.1 Å². The summed E-state index contributed by atoms with van der Waals surface area (Å²) in [7, 11) is 1.74.